The fourth-order valence-corrected chi connectivity index (χ4v) is 3.36. The zero-order valence-corrected chi connectivity index (χ0v) is 12.0. The summed E-state index contributed by atoms with van der Waals surface area (Å²) in [4.78, 5) is 0. The molecule has 0 bridgehead atoms. The largest absolute Gasteiger partial charge is 0.398 e. The molecular formula is C13H20N2O4S. The van der Waals surface area contributed by atoms with Crippen LogP contribution in [0.4, 0.5) is 5.69 Å². The molecule has 0 unspecified atom stereocenters. The van der Waals surface area contributed by atoms with Gasteiger partial charge in [0.05, 0.1) is 11.4 Å². The predicted molar refractivity (Wildman–Crippen MR) is 76.5 cm³/mol. The minimum absolute atomic E-state index is 0.00539. The van der Waals surface area contributed by atoms with Gasteiger partial charge in [-0.25, -0.2) is 13.1 Å². The van der Waals surface area contributed by atoms with Gasteiger partial charge in [0.15, 0.2) is 0 Å². The van der Waals surface area contributed by atoms with Crippen LogP contribution in [-0.4, -0.2) is 38.9 Å². The molecule has 0 aliphatic carbocycles. The fourth-order valence-electron chi connectivity index (χ4n) is 2.09. The van der Waals surface area contributed by atoms with Gasteiger partial charge in [-0.3, -0.25) is 0 Å². The number of hydrogen-bond acceptors (Lipinski definition) is 5. The van der Waals surface area contributed by atoms with Crippen molar-refractivity contribution in [1.82, 2.24) is 4.72 Å². The summed E-state index contributed by atoms with van der Waals surface area (Å²) in [6, 6.07) is 6.84. The second kappa shape index (κ2) is 6.09. The zero-order chi connectivity index (χ0) is 14.6. The highest BCUT2D eigenvalue weighted by molar-refractivity contribution is 7.88. The molecule has 1 aromatic rings. The van der Waals surface area contributed by atoms with Crippen LogP contribution in [0.25, 0.3) is 0 Å². The number of nitrogen functional groups attached to an aromatic ring is 1. The van der Waals surface area contributed by atoms with Crippen molar-refractivity contribution in [3.05, 3.63) is 29.8 Å². The maximum Gasteiger partial charge on any atom is 0.215 e. The van der Waals surface area contributed by atoms with Gasteiger partial charge in [-0.15, -0.1) is 0 Å². The SMILES string of the molecule is Nc1ccccc1CS(=O)(=O)NCC1(O)CCOCC1. The van der Waals surface area contributed by atoms with Crippen LogP contribution in [0.1, 0.15) is 18.4 Å². The lowest BCUT2D eigenvalue weighted by molar-refractivity contribution is -0.0588. The normalized spacial score (nSPS) is 18.9. The molecule has 0 amide bonds. The molecule has 20 heavy (non-hydrogen) atoms. The summed E-state index contributed by atoms with van der Waals surface area (Å²) in [6.45, 7) is 0.902. The second-order valence-corrected chi connectivity index (χ2v) is 6.92. The van der Waals surface area contributed by atoms with Crippen LogP contribution in [0.15, 0.2) is 24.3 Å². The molecule has 0 atom stereocenters. The Morgan fingerprint density at radius 3 is 2.60 bits per heavy atom. The number of ether oxygens (including phenoxy) is 1. The molecule has 7 heteroatoms. The summed E-state index contributed by atoms with van der Waals surface area (Å²) in [5.74, 6) is -0.188. The third-order valence-electron chi connectivity index (χ3n) is 3.45. The van der Waals surface area contributed by atoms with Crippen LogP contribution in [0.3, 0.4) is 0 Å². The Hall–Kier alpha value is -1.15. The quantitative estimate of drug-likeness (QED) is 0.676. The lowest BCUT2D eigenvalue weighted by Gasteiger charge is -2.32. The van der Waals surface area contributed by atoms with Crippen molar-refractivity contribution < 1.29 is 18.3 Å². The highest BCUT2D eigenvalue weighted by Crippen LogP contribution is 2.20. The number of benzene rings is 1. The van der Waals surface area contributed by atoms with Crippen molar-refractivity contribution in [2.24, 2.45) is 0 Å². The van der Waals surface area contributed by atoms with Gasteiger partial charge in [-0.2, -0.15) is 0 Å². The number of anilines is 1. The van der Waals surface area contributed by atoms with Gasteiger partial charge in [0.2, 0.25) is 10.0 Å². The lowest BCUT2D eigenvalue weighted by Crippen LogP contribution is -2.46. The van der Waals surface area contributed by atoms with E-state index in [2.05, 4.69) is 4.72 Å². The number of rotatable bonds is 5. The predicted octanol–water partition coefficient (Wildman–Crippen LogP) is 0.230. The average Bonchev–Trinajstić information content (AvgIpc) is 2.40. The average molecular weight is 300 g/mol. The molecule has 0 aromatic heterocycles. The first kappa shape index (κ1) is 15.2. The van der Waals surface area contributed by atoms with E-state index in [0.29, 0.717) is 37.3 Å². The number of nitrogens with two attached hydrogens (primary N) is 1. The van der Waals surface area contributed by atoms with E-state index in [0.717, 1.165) is 0 Å². The molecular weight excluding hydrogens is 280 g/mol. The van der Waals surface area contributed by atoms with Crippen LogP contribution in [0, 0.1) is 0 Å². The maximum absolute atomic E-state index is 12.0. The zero-order valence-electron chi connectivity index (χ0n) is 11.2. The van der Waals surface area contributed by atoms with E-state index >= 15 is 0 Å². The van der Waals surface area contributed by atoms with Gasteiger partial charge in [0.1, 0.15) is 0 Å². The standard InChI is InChI=1S/C13H20N2O4S/c14-12-4-2-1-3-11(12)9-20(17,18)15-10-13(16)5-7-19-8-6-13/h1-4,15-16H,5-10,14H2. The van der Waals surface area contributed by atoms with Crippen molar-refractivity contribution >= 4 is 15.7 Å². The Kier molecular flexibility index (Phi) is 4.64. The van der Waals surface area contributed by atoms with Gasteiger partial charge in [-0.05, 0) is 11.6 Å². The van der Waals surface area contributed by atoms with Gasteiger partial charge >= 0.3 is 0 Å². The van der Waals surface area contributed by atoms with Crippen molar-refractivity contribution in [3.8, 4) is 0 Å². The number of sulfonamides is 1. The molecule has 0 radical (unpaired) electrons. The summed E-state index contributed by atoms with van der Waals surface area (Å²) in [6.07, 6.45) is 0.867. The van der Waals surface area contributed by atoms with E-state index in [-0.39, 0.29) is 12.3 Å². The molecule has 1 aromatic carbocycles. The van der Waals surface area contributed by atoms with E-state index < -0.39 is 15.6 Å². The van der Waals surface area contributed by atoms with Gasteiger partial charge < -0.3 is 15.6 Å². The summed E-state index contributed by atoms with van der Waals surface area (Å²) in [7, 11) is -3.53. The second-order valence-electron chi connectivity index (χ2n) is 5.12. The summed E-state index contributed by atoms with van der Waals surface area (Å²) >= 11 is 0. The summed E-state index contributed by atoms with van der Waals surface area (Å²) < 4.78 is 31.7. The Labute approximate surface area is 119 Å². The Morgan fingerprint density at radius 2 is 1.95 bits per heavy atom. The number of para-hydroxylation sites is 1. The molecule has 1 fully saturated rings. The first-order valence-corrected chi connectivity index (χ1v) is 8.16. The molecule has 2 rings (SSSR count). The summed E-state index contributed by atoms with van der Waals surface area (Å²) in [5.41, 5.74) is 5.72. The highest BCUT2D eigenvalue weighted by Gasteiger charge is 2.31. The van der Waals surface area contributed by atoms with E-state index in [1.54, 1.807) is 24.3 Å². The molecule has 1 aliphatic heterocycles. The van der Waals surface area contributed by atoms with Crippen LogP contribution < -0.4 is 10.5 Å². The molecule has 4 N–H and O–H groups in total. The number of aliphatic hydroxyl groups is 1. The van der Waals surface area contributed by atoms with Crippen LogP contribution in [0.5, 0.6) is 0 Å². The van der Waals surface area contributed by atoms with Crippen LogP contribution >= 0.6 is 0 Å². The highest BCUT2D eigenvalue weighted by atomic mass is 32.2. The molecule has 6 nitrogen and oxygen atoms in total. The lowest BCUT2D eigenvalue weighted by atomic mass is 9.95. The van der Waals surface area contributed by atoms with Gasteiger partial charge in [-0.1, -0.05) is 18.2 Å². The van der Waals surface area contributed by atoms with Crippen molar-refractivity contribution in [1.29, 1.82) is 0 Å². The Morgan fingerprint density at radius 1 is 1.30 bits per heavy atom. The van der Waals surface area contributed by atoms with E-state index in [1.165, 1.54) is 0 Å². The third kappa shape index (κ3) is 4.17. The first-order chi connectivity index (χ1) is 9.40. The van der Waals surface area contributed by atoms with Gasteiger partial charge in [0, 0.05) is 38.3 Å². The maximum atomic E-state index is 12.0. The minimum atomic E-state index is -3.53. The molecule has 1 aliphatic rings. The summed E-state index contributed by atoms with van der Waals surface area (Å²) in [5, 5.41) is 10.2. The van der Waals surface area contributed by atoms with Crippen molar-refractivity contribution in [2.75, 3.05) is 25.5 Å². The van der Waals surface area contributed by atoms with Crippen LogP contribution in [-0.2, 0) is 20.5 Å². The Balaban J connectivity index is 1.96. The fraction of sp³-hybridized carbons (Fsp3) is 0.538. The van der Waals surface area contributed by atoms with Gasteiger partial charge in [0.25, 0.3) is 0 Å². The first-order valence-electron chi connectivity index (χ1n) is 6.51. The van der Waals surface area contributed by atoms with Crippen LogP contribution in [0.2, 0.25) is 0 Å². The van der Waals surface area contributed by atoms with Crippen molar-refractivity contribution in [3.63, 3.8) is 0 Å². The van der Waals surface area contributed by atoms with E-state index in [4.69, 9.17) is 10.5 Å². The topological polar surface area (TPSA) is 102 Å². The van der Waals surface area contributed by atoms with E-state index in [1.807, 2.05) is 0 Å². The Bertz CT molecular complexity index is 553. The molecule has 112 valence electrons. The third-order valence-corrected chi connectivity index (χ3v) is 4.72. The van der Waals surface area contributed by atoms with E-state index in [9.17, 15) is 13.5 Å². The molecule has 0 saturated carbocycles. The monoisotopic (exact) mass is 300 g/mol. The minimum Gasteiger partial charge on any atom is -0.398 e. The number of nitrogens with one attached hydrogen (secondary N) is 1. The molecule has 0 spiro atoms. The van der Waals surface area contributed by atoms with Crippen molar-refractivity contribution in [2.45, 2.75) is 24.2 Å². The number of hydrogen-bond donors (Lipinski definition) is 3. The molecule has 1 heterocycles. The molecule has 1 saturated heterocycles. The smallest absolute Gasteiger partial charge is 0.215 e.